The Bertz CT molecular complexity index is 376. The second-order valence-electron chi connectivity index (χ2n) is 5.43. The lowest BCUT2D eigenvalue weighted by atomic mass is 9.97. The first-order valence-electron chi connectivity index (χ1n) is 6.90. The van der Waals surface area contributed by atoms with Crippen molar-refractivity contribution in [2.45, 2.75) is 45.7 Å². The Hall–Kier alpha value is -1.79. The van der Waals surface area contributed by atoms with Crippen LogP contribution in [0.15, 0.2) is 0 Å². The summed E-state index contributed by atoms with van der Waals surface area (Å²) in [5, 5.41) is 14.2. The van der Waals surface area contributed by atoms with Crippen LogP contribution in [0.5, 0.6) is 0 Å². The van der Waals surface area contributed by atoms with Gasteiger partial charge < -0.3 is 20.6 Å². The van der Waals surface area contributed by atoms with Gasteiger partial charge in [-0.25, -0.2) is 4.79 Å². The van der Waals surface area contributed by atoms with Crippen molar-refractivity contribution in [1.82, 2.24) is 15.5 Å². The summed E-state index contributed by atoms with van der Waals surface area (Å²) >= 11 is 0. The van der Waals surface area contributed by atoms with Crippen LogP contribution in [0.4, 0.5) is 4.79 Å². The third-order valence-corrected chi connectivity index (χ3v) is 3.30. The van der Waals surface area contributed by atoms with Crippen LogP contribution in [0.2, 0.25) is 0 Å². The Labute approximate surface area is 118 Å². The number of amides is 3. The molecule has 1 aliphatic rings. The van der Waals surface area contributed by atoms with Gasteiger partial charge in [0.25, 0.3) is 0 Å². The van der Waals surface area contributed by atoms with E-state index in [4.69, 9.17) is 5.11 Å². The normalized spacial score (nSPS) is 17.7. The second-order valence-corrected chi connectivity index (χ2v) is 5.43. The van der Waals surface area contributed by atoms with Crippen LogP contribution in [0.1, 0.15) is 33.6 Å². The zero-order valence-electron chi connectivity index (χ0n) is 12.2. The van der Waals surface area contributed by atoms with Crippen molar-refractivity contribution in [1.29, 1.82) is 0 Å². The van der Waals surface area contributed by atoms with E-state index in [-0.39, 0.29) is 23.9 Å². The van der Waals surface area contributed by atoms with Crippen molar-refractivity contribution in [3.05, 3.63) is 0 Å². The minimum Gasteiger partial charge on any atom is -0.481 e. The molecule has 7 heteroatoms. The molecule has 0 aliphatic carbocycles. The van der Waals surface area contributed by atoms with Gasteiger partial charge in [-0.1, -0.05) is 0 Å². The van der Waals surface area contributed by atoms with E-state index in [0.717, 1.165) is 0 Å². The number of aliphatic carboxylic acids is 1. The summed E-state index contributed by atoms with van der Waals surface area (Å²) in [6.07, 6.45) is 0.907. The lowest BCUT2D eigenvalue weighted by molar-refractivity contribution is -0.143. The Kier molecular flexibility index (Phi) is 5.79. The summed E-state index contributed by atoms with van der Waals surface area (Å²) in [6, 6.07) is -0.907. The Morgan fingerprint density at radius 2 is 1.65 bits per heavy atom. The number of nitrogens with zero attached hydrogens (tertiary/aromatic N) is 1. The van der Waals surface area contributed by atoms with Gasteiger partial charge in [0.15, 0.2) is 0 Å². The van der Waals surface area contributed by atoms with Crippen LogP contribution in [0, 0.1) is 5.92 Å². The Morgan fingerprint density at radius 1 is 1.10 bits per heavy atom. The monoisotopic (exact) mass is 285 g/mol. The summed E-state index contributed by atoms with van der Waals surface area (Å²) in [6.45, 7) is 6.13. The molecule has 20 heavy (non-hydrogen) atoms. The first-order chi connectivity index (χ1) is 9.31. The molecule has 1 atom stereocenters. The number of piperidine rings is 1. The molecule has 1 saturated heterocycles. The number of hydrogen-bond donors (Lipinski definition) is 3. The molecule has 1 unspecified atom stereocenters. The van der Waals surface area contributed by atoms with Gasteiger partial charge in [0.1, 0.15) is 6.04 Å². The fourth-order valence-electron chi connectivity index (χ4n) is 2.08. The van der Waals surface area contributed by atoms with Gasteiger partial charge in [-0.15, -0.1) is 0 Å². The number of likely N-dealkylation sites (tertiary alicyclic amines) is 1. The molecular weight excluding hydrogens is 262 g/mol. The number of carboxylic acids is 1. The molecule has 1 heterocycles. The topological polar surface area (TPSA) is 98.7 Å². The molecule has 1 rings (SSSR count). The average molecular weight is 285 g/mol. The highest BCUT2D eigenvalue weighted by Gasteiger charge is 2.28. The highest BCUT2D eigenvalue weighted by atomic mass is 16.4. The number of carboxylic acid groups (broad SMARTS) is 1. The molecule has 114 valence electrons. The standard InChI is InChI=1S/C13H23N3O4/c1-8(2)14-11(17)9(3)15-13(20)16-6-4-10(5-7-16)12(18)19/h8-10H,4-7H2,1-3H3,(H,14,17)(H,15,20)(H,18,19). The van der Waals surface area contributed by atoms with Crippen LogP contribution < -0.4 is 10.6 Å². The van der Waals surface area contributed by atoms with Crippen molar-refractivity contribution < 1.29 is 19.5 Å². The summed E-state index contributed by atoms with van der Waals surface area (Å²) in [7, 11) is 0. The lowest BCUT2D eigenvalue weighted by Crippen LogP contribution is -2.52. The third kappa shape index (κ3) is 4.71. The zero-order chi connectivity index (χ0) is 15.3. The van der Waals surface area contributed by atoms with Crippen LogP contribution in [0.3, 0.4) is 0 Å². The third-order valence-electron chi connectivity index (χ3n) is 3.30. The highest BCUT2D eigenvalue weighted by Crippen LogP contribution is 2.17. The number of carbonyl (C=O) groups is 3. The van der Waals surface area contributed by atoms with Crippen molar-refractivity contribution in [3.63, 3.8) is 0 Å². The van der Waals surface area contributed by atoms with Gasteiger partial charge >= 0.3 is 12.0 Å². The van der Waals surface area contributed by atoms with E-state index in [1.807, 2.05) is 13.8 Å². The highest BCUT2D eigenvalue weighted by molar-refractivity contribution is 5.86. The number of urea groups is 1. The van der Waals surface area contributed by atoms with E-state index < -0.39 is 12.0 Å². The molecule has 3 amide bonds. The van der Waals surface area contributed by atoms with Crippen molar-refractivity contribution in [2.75, 3.05) is 13.1 Å². The first-order valence-corrected chi connectivity index (χ1v) is 6.90. The minimum absolute atomic E-state index is 0.0214. The minimum atomic E-state index is -0.810. The molecule has 3 N–H and O–H groups in total. The maximum Gasteiger partial charge on any atom is 0.318 e. The van der Waals surface area contributed by atoms with Crippen LogP contribution in [0.25, 0.3) is 0 Å². The van der Waals surface area contributed by atoms with E-state index >= 15 is 0 Å². The molecular formula is C13H23N3O4. The zero-order valence-corrected chi connectivity index (χ0v) is 12.2. The van der Waals surface area contributed by atoms with Gasteiger partial charge in [-0.05, 0) is 33.6 Å². The molecule has 0 saturated carbocycles. The van der Waals surface area contributed by atoms with Gasteiger partial charge in [-0.2, -0.15) is 0 Å². The molecule has 1 fully saturated rings. The van der Waals surface area contributed by atoms with E-state index in [1.54, 1.807) is 11.8 Å². The quantitative estimate of drug-likeness (QED) is 0.696. The van der Waals surface area contributed by atoms with Crippen molar-refractivity contribution in [2.24, 2.45) is 5.92 Å². The van der Waals surface area contributed by atoms with Gasteiger partial charge in [0, 0.05) is 19.1 Å². The smallest absolute Gasteiger partial charge is 0.318 e. The maximum atomic E-state index is 12.0. The SMILES string of the molecule is CC(C)NC(=O)C(C)NC(=O)N1CCC(C(=O)O)CC1. The van der Waals surface area contributed by atoms with E-state index in [1.165, 1.54) is 0 Å². The molecule has 0 bridgehead atoms. The van der Waals surface area contributed by atoms with Gasteiger partial charge in [0.2, 0.25) is 5.91 Å². The fraction of sp³-hybridized carbons (Fsp3) is 0.769. The summed E-state index contributed by atoms with van der Waals surface area (Å²) in [4.78, 5) is 36.0. The largest absolute Gasteiger partial charge is 0.481 e. The van der Waals surface area contributed by atoms with Gasteiger partial charge in [0.05, 0.1) is 5.92 Å². The van der Waals surface area contributed by atoms with Crippen LogP contribution in [-0.2, 0) is 9.59 Å². The Balaban J connectivity index is 2.40. The maximum absolute atomic E-state index is 12.0. The predicted octanol–water partition coefficient (Wildman–Crippen LogP) is 0.406. The number of nitrogens with one attached hydrogen (secondary N) is 2. The van der Waals surface area contributed by atoms with E-state index in [0.29, 0.717) is 25.9 Å². The molecule has 0 spiro atoms. The second kappa shape index (κ2) is 7.12. The average Bonchev–Trinajstić information content (AvgIpc) is 2.37. The summed E-state index contributed by atoms with van der Waals surface area (Å²) in [5.41, 5.74) is 0. The molecule has 0 radical (unpaired) electrons. The lowest BCUT2D eigenvalue weighted by Gasteiger charge is -2.31. The first kappa shape index (κ1) is 16.3. The fourth-order valence-corrected chi connectivity index (χ4v) is 2.08. The van der Waals surface area contributed by atoms with Crippen molar-refractivity contribution >= 4 is 17.9 Å². The predicted molar refractivity (Wildman–Crippen MR) is 73.2 cm³/mol. The summed E-state index contributed by atoms with van der Waals surface area (Å²) < 4.78 is 0. The van der Waals surface area contributed by atoms with Crippen LogP contribution in [-0.4, -0.2) is 53.1 Å². The molecule has 0 aromatic heterocycles. The molecule has 0 aromatic carbocycles. The molecule has 0 aromatic rings. The Morgan fingerprint density at radius 3 is 2.10 bits per heavy atom. The van der Waals surface area contributed by atoms with E-state index in [2.05, 4.69) is 10.6 Å². The van der Waals surface area contributed by atoms with Crippen LogP contribution >= 0.6 is 0 Å². The van der Waals surface area contributed by atoms with E-state index in [9.17, 15) is 14.4 Å². The van der Waals surface area contributed by atoms with Gasteiger partial charge in [-0.3, -0.25) is 9.59 Å². The van der Waals surface area contributed by atoms with Crippen molar-refractivity contribution in [3.8, 4) is 0 Å². The number of hydrogen-bond acceptors (Lipinski definition) is 3. The number of carbonyl (C=O) groups excluding carboxylic acids is 2. The number of rotatable bonds is 4. The molecule has 1 aliphatic heterocycles. The molecule has 7 nitrogen and oxygen atoms in total. The summed E-state index contributed by atoms with van der Waals surface area (Å²) in [5.74, 6) is -1.41.